The number of nitrogens with one attached hydrogen (secondary N) is 1. The quantitative estimate of drug-likeness (QED) is 0.661. The van der Waals surface area contributed by atoms with Crippen molar-refractivity contribution in [3.05, 3.63) is 63.6 Å². The van der Waals surface area contributed by atoms with Crippen molar-refractivity contribution < 1.29 is 24.3 Å². The van der Waals surface area contributed by atoms with Crippen molar-refractivity contribution in [2.75, 3.05) is 34.3 Å². The van der Waals surface area contributed by atoms with Crippen LogP contribution >= 0.6 is 11.3 Å². The van der Waals surface area contributed by atoms with Crippen LogP contribution in [0.2, 0.25) is 0 Å². The Morgan fingerprint density at radius 2 is 1.96 bits per heavy atom. The second-order valence-electron chi connectivity index (χ2n) is 7.03. The van der Waals surface area contributed by atoms with Crippen LogP contribution in [-0.4, -0.2) is 50.9 Å². The van der Waals surface area contributed by atoms with E-state index in [0.29, 0.717) is 17.2 Å². The molecule has 1 N–H and O–H groups in total. The summed E-state index contributed by atoms with van der Waals surface area (Å²) in [7, 11) is 5.65. The Balaban J connectivity index is 1.99. The van der Waals surface area contributed by atoms with Gasteiger partial charge in [-0.1, -0.05) is 18.2 Å². The third-order valence-electron chi connectivity index (χ3n) is 4.78. The summed E-state index contributed by atoms with van der Waals surface area (Å²) in [6, 6.07) is 9.94. The van der Waals surface area contributed by atoms with E-state index >= 15 is 0 Å². The van der Waals surface area contributed by atoms with Gasteiger partial charge in [-0.15, -0.1) is 11.3 Å². The molecule has 2 heterocycles. The van der Waals surface area contributed by atoms with E-state index in [1.54, 1.807) is 48.9 Å². The molecule has 1 atom stereocenters. The van der Waals surface area contributed by atoms with Crippen molar-refractivity contribution in [1.82, 2.24) is 4.90 Å². The molecule has 6 nitrogen and oxygen atoms in total. The smallest absolute Gasteiger partial charge is 0.239 e. The maximum Gasteiger partial charge on any atom is 0.239 e. The molecule has 2 aromatic rings. The average molecular weight is 401 g/mol. The van der Waals surface area contributed by atoms with Crippen LogP contribution in [0.3, 0.4) is 0 Å². The maximum atomic E-state index is 13.0. The summed E-state index contributed by atoms with van der Waals surface area (Å²) < 4.78 is 5.20. The van der Waals surface area contributed by atoms with Crippen molar-refractivity contribution >= 4 is 23.0 Å². The highest BCUT2D eigenvalue weighted by Gasteiger charge is 2.39. The van der Waals surface area contributed by atoms with Crippen LogP contribution in [0, 0.1) is 0 Å². The molecule has 1 aromatic heterocycles. The van der Waals surface area contributed by atoms with E-state index in [1.807, 2.05) is 14.1 Å². The van der Waals surface area contributed by atoms with Crippen LogP contribution in [-0.2, 0) is 4.79 Å². The van der Waals surface area contributed by atoms with E-state index in [4.69, 9.17) is 4.74 Å². The SMILES string of the molecule is COc1ccc(C2C(C(=O)c3cccs3)=C([O-])C(=O)N2CCC[NH+](C)C)cc1. The van der Waals surface area contributed by atoms with Crippen LogP contribution in [0.5, 0.6) is 5.75 Å². The number of benzene rings is 1. The first kappa shape index (κ1) is 20.1. The molecule has 0 aliphatic carbocycles. The number of ether oxygens (including phenoxy) is 1. The Bertz CT molecular complexity index is 872. The third kappa shape index (κ3) is 3.95. The number of carbonyl (C=O) groups is 2. The fourth-order valence-corrected chi connectivity index (χ4v) is 4.05. The standard InChI is InChI=1S/C21H24N2O4S/c1-22(2)11-5-12-23-18(14-7-9-15(27-3)10-8-14)17(20(25)21(23)26)19(24)16-6-4-13-28-16/h4,6-10,13,18,25H,5,11-12H2,1-3H3. The number of nitrogens with zero attached hydrogens (tertiary/aromatic N) is 1. The molecule has 148 valence electrons. The minimum atomic E-state index is -0.698. The summed E-state index contributed by atoms with van der Waals surface area (Å²) in [5, 5.41) is 14.6. The van der Waals surface area contributed by atoms with Gasteiger partial charge in [-0.05, 0) is 34.9 Å². The summed E-state index contributed by atoms with van der Waals surface area (Å²) in [5.74, 6) is -0.992. The zero-order chi connectivity index (χ0) is 20.3. The van der Waals surface area contributed by atoms with Gasteiger partial charge in [0.05, 0.1) is 38.7 Å². The van der Waals surface area contributed by atoms with E-state index in [1.165, 1.54) is 21.1 Å². The molecule has 28 heavy (non-hydrogen) atoms. The molecule has 3 rings (SSSR count). The third-order valence-corrected chi connectivity index (χ3v) is 5.65. The molecule has 1 amide bonds. The van der Waals surface area contributed by atoms with Gasteiger partial charge in [0.25, 0.3) is 0 Å². The molecule has 0 radical (unpaired) electrons. The predicted octanol–water partition coefficient (Wildman–Crippen LogP) is 0.672. The Kier molecular flexibility index (Phi) is 6.16. The lowest BCUT2D eigenvalue weighted by Gasteiger charge is -2.28. The van der Waals surface area contributed by atoms with Gasteiger partial charge in [0.2, 0.25) is 11.7 Å². The Morgan fingerprint density at radius 1 is 1.25 bits per heavy atom. The number of quaternary nitrogens is 1. The first-order chi connectivity index (χ1) is 13.4. The highest BCUT2D eigenvalue weighted by molar-refractivity contribution is 7.12. The fourth-order valence-electron chi connectivity index (χ4n) is 3.38. The summed E-state index contributed by atoms with van der Waals surface area (Å²) in [4.78, 5) is 29.1. The molecule has 0 bridgehead atoms. The number of hydrogen-bond donors (Lipinski definition) is 1. The molecule has 0 spiro atoms. The van der Waals surface area contributed by atoms with Crippen molar-refractivity contribution in [1.29, 1.82) is 0 Å². The molecule has 7 heteroatoms. The molecule has 0 saturated carbocycles. The van der Waals surface area contributed by atoms with Gasteiger partial charge in [-0.25, -0.2) is 0 Å². The zero-order valence-electron chi connectivity index (χ0n) is 16.2. The minimum absolute atomic E-state index is 0.0369. The van der Waals surface area contributed by atoms with Crippen molar-refractivity contribution in [2.24, 2.45) is 0 Å². The van der Waals surface area contributed by atoms with Crippen LogP contribution in [0.15, 0.2) is 53.1 Å². The van der Waals surface area contributed by atoms with Crippen molar-refractivity contribution in [3.63, 3.8) is 0 Å². The Labute approximate surface area is 168 Å². The van der Waals surface area contributed by atoms with E-state index in [9.17, 15) is 14.7 Å². The number of Topliss-reactive ketones (excluding diaryl/α,β-unsaturated/α-hetero) is 1. The number of methoxy groups -OCH3 is 1. The second-order valence-corrected chi connectivity index (χ2v) is 7.98. The number of amides is 1. The lowest BCUT2D eigenvalue weighted by Crippen LogP contribution is -3.05. The molecular formula is C21H24N2O4S. The summed E-state index contributed by atoms with van der Waals surface area (Å²) in [5.41, 5.74) is 0.770. The lowest BCUT2D eigenvalue weighted by molar-refractivity contribution is -0.858. The van der Waals surface area contributed by atoms with E-state index < -0.39 is 17.7 Å². The zero-order valence-corrected chi connectivity index (χ0v) is 17.0. The van der Waals surface area contributed by atoms with E-state index in [2.05, 4.69) is 0 Å². The van der Waals surface area contributed by atoms with Gasteiger partial charge in [-0.2, -0.15) is 0 Å². The van der Waals surface area contributed by atoms with Gasteiger partial charge in [0, 0.05) is 18.5 Å². The molecule has 1 aromatic carbocycles. The molecule has 1 aliphatic heterocycles. The van der Waals surface area contributed by atoms with E-state index in [-0.39, 0.29) is 11.4 Å². The van der Waals surface area contributed by atoms with Gasteiger partial charge < -0.3 is 19.6 Å². The fraction of sp³-hybridized carbons (Fsp3) is 0.333. The number of carbonyl (C=O) groups excluding carboxylic acids is 2. The van der Waals surface area contributed by atoms with Crippen LogP contribution in [0.4, 0.5) is 0 Å². The number of thiophene rings is 1. The number of rotatable bonds is 8. The Morgan fingerprint density at radius 3 is 2.54 bits per heavy atom. The number of ketones is 1. The first-order valence-electron chi connectivity index (χ1n) is 9.17. The van der Waals surface area contributed by atoms with Crippen molar-refractivity contribution in [2.45, 2.75) is 12.5 Å². The molecule has 1 aliphatic rings. The summed E-state index contributed by atoms with van der Waals surface area (Å²) in [6.07, 6.45) is 0.745. The summed E-state index contributed by atoms with van der Waals surface area (Å²) >= 11 is 1.27. The first-order valence-corrected chi connectivity index (χ1v) is 10.0. The van der Waals surface area contributed by atoms with Crippen molar-refractivity contribution in [3.8, 4) is 5.75 Å². The van der Waals surface area contributed by atoms with Gasteiger partial charge >= 0.3 is 0 Å². The second kappa shape index (κ2) is 8.58. The Hall–Kier alpha value is -2.64. The topological polar surface area (TPSA) is 74.1 Å². The highest BCUT2D eigenvalue weighted by atomic mass is 32.1. The number of hydrogen-bond acceptors (Lipinski definition) is 5. The monoisotopic (exact) mass is 400 g/mol. The molecular weight excluding hydrogens is 376 g/mol. The van der Waals surface area contributed by atoms with E-state index in [0.717, 1.165) is 18.5 Å². The molecule has 0 fully saturated rings. The van der Waals surface area contributed by atoms with Gasteiger partial charge in [0.15, 0.2) is 0 Å². The largest absolute Gasteiger partial charge is 0.868 e. The lowest BCUT2D eigenvalue weighted by atomic mass is 9.95. The normalized spacial score (nSPS) is 16.9. The molecule has 0 saturated heterocycles. The average Bonchev–Trinajstić information content (AvgIpc) is 3.30. The molecule has 1 unspecified atom stereocenters. The highest BCUT2D eigenvalue weighted by Crippen LogP contribution is 2.39. The van der Waals surface area contributed by atoms with Gasteiger partial charge in [-0.3, -0.25) is 9.59 Å². The van der Waals surface area contributed by atoms with Crippen LogP contribution in [0.25, 0.3) is 0 Å². The van der Waals surface area contributed by atoms with Gasteiger partial charge in [0.1, 0.15) is 5.75 Å². The minimum Gasteiger partial charge on any atom is -0.868 e. The van der Waals surface area contributed by atoms with Crippen LogP contribution < -0.4 is 14.7 Å². The summed E-state index contributed by atoms with van der Waals surface area (Å²) in [6.45, 7) is 1.29. The van der Waals surface area contributed by atoms with Crippen LogP contribution in [0.1, 0.15) is 27.7 Å². The maximum absolute atomic E-state index is 13.0. The predicted molar refractivity (Wildman–Crippen MR) is 105 cm³/mol.